The van der Waals surface area contributed by atoms with Gasteiger partial charge >= 0.3 is 0 Å². The Kier molecular flexibility index (Phi) is 2.65. The number of hydrogen-bond donors (Lipinski definition) is 0. The van der Waals surface area contributed by atoms with Crippen LogP contribution in [0.4, 0.5) is 0 Å². The summed E-state index contributed by atoms with van der Waals surface area (Å²) < 4.78 is 1.13. The van der Waals surface area contributed by atoms with Crippen molar-refractivity contribution in [2.75, 3.05) is 0 Å². The molecule has 2 heterocycles. The van der Waals surface area contributed by atoms with Crippen LogP contribution in [0.25, 0.3) is 10.6 Å². The van der Waals surface area contributed by atoms with Gasteiger partial charge in [-0.2, -0.15) is 0 Å². The SMILES string of the molecule is Cc1cc(-c2ccc(Br)s2)nc(C)n1. The molecule has 0 aliphatic carbocycles. The second-order valence-electron chi connectivity index (χ2n) is 3.05. The molecule has 0 saturated carbocycles. The molecule has 0 saturated heterocycles. The Morgan fingerprint density at radius 1 is 1.21 bits per heavy atom. The molecule has 0 spiro atoms. The molecule has 72 valence electrons. The van der Waals surface area contributed by atoms with E-state index in [1.54, 1.807) is 11.3 Å². The van der Waals surface area contributed by atoms with E-state index < -0.39 is 0 Å². The quantitative estimate of drug-likeness (QED) is 0.790. The fourth-order valence-corrected chi connectivity index (χ4v) is 2.64. The average Bonchev–Trinajstić information content (AvgIpc) is 2.50. The van der Waals surface area contributed by atoms with E-state index in [1.165, 1.54) is 4.88 Å². The van der Waals surface area contributed by atoms with Crippen molar-refractivity contribution in [1.29, 1.82) is 0 Å². The third-order valence-corrected chi connectivity index (χ3v) is 3.44. The van der Waals surface area contributed by atoms with Crippen LogP contribution in [-0.4, -0.2) is 9.97 Å². The van der Waals surface area contributed by atoms with Gasteiger partial charge in [-0.3, -0.25) is 0 Å². The van der Waals surface area contributed by atoms with Crippen molar-refractivity contribution < 1.29 is 0 Å². The van der Waals surface area contributed by atoms with Crippen LogP contribution in [0.3, 0.4) is 0 Å². The van der Waals surface area contributed by atoms with E-state index in [4.69, 9.17) is 0 Å². The fraction of sp³-hybridized carbons (Fsp3) is 0.200. The summed E-state index contributed by atoms with van der Waals surface area (Å²) in [6.45, 7) is 3.90. The van der Waals surface area contributed by atoms with Gasteiger partial charge < -0.3 is 0 Å². The van der Waals surface area contributed by atoms with Gasteiger partial charge in [0.2, 0.25) is 0 Å². The highest BCUT2D eigenvalue weighted by molar-refractivity contribution is 9.11. The van der Waals surface area contributed by atoms with Crippen LogP contribution in [-0.2, 0) is 0 Å². The van der Waals surface area contributed by atoms with Crippen molar-refractivity contribution in [1.82, 2.24) is 9.97 Å². The zero-order chi connectivity index (χ0) is 10.1. The number of hydrogen-bond acceptors (Lipinski definition) is 3. The van der Waals surface area contributed by atoms with Crippen LogP contribution < -0.4 is 0 Å². The van der Waals surface area contributed by atoms with Crippen LogP contribution in [0.15, 0.2) is 22.0 Å². The molecule has 0 atom stereocenters. The highest BCUT2D eigenvalue weighted by Gasteiger charge is 2.04. The van der Waals surface area contributed by atoms with Crippen LogP contribution in [0.5, 0.6) is 0 Å². The summed E-state index contributed by atoms with van der Waals surface area (Å²) >= 11 is 5.13. The predicted molar refractivity (Wildman–Crippen MR) is 62.5 cm³/mol. The topological polar surface area (TPSA) is 25.8 Å². The molecule has 2 aromatic heterocycles. The largest absolute Gasteiger partial charge is 0.239 e. The summed E-state index contributed by atoms with van der Waals surface area (Å²) in [6, 6.07) is 6.11. The molecular weight excluding hydrogens is 260 g/mol. The van der Waals surface area contributed by atoms with E-state index in [-0.39, 0.29) is 0 Å². The van der Waals surface area contributed by atoms with Gasteiger partial charge in [-0.25, -0.2) is 9.97 Å². The Hall–Kier alpha value is -0.740. The van der Waals surface area contributed by atoms with Gasteiger partial charge in [0.25, 0.3) is 0 Å². The minimum absolute atomic E-state index is 0.824. The lowest BCUT2D eigenvalue weighted by atomic mass is 10.3. The third kappa shape index (κ3) is 2.01. The fourth-order valence-electron chi connectivity index (χ4n) is 1.30. The molecule has 0 unspecified atom stereocenters. The van der Waals surface area contributed by atoms with Crippen molar-refractivity contribution >= 4 is 27.3 Å². The Bertz CT molecular complexity index is 445. The van der Waals surface area contributed by atoms with Crippen LogP contribution >= 0.6 is 27.3 Å². The molecule has 0 amide bonds. The number of halogens is 1. The zero-order valence-corrected chi connectivity index (χ0v) is 10.3. The van der Waals surface area contributed by atoms with Gasteiger partial charge in [-0.1, -0.05) is 0 Å². The molecule has 0 aliphatic rings. The van der Waals surface area contributed by atoms with E-state index in [1.807, 2.05) is 26.0 Å². The molecule has 0 aromatic carbocycles. The molecule has 4 heteroatoms. The monoisotopic (exact) mass is 268 g/mol. The van der Waals surface area contributed by atoms with Gasteiger partial charge in [0.1, 0.15) is 5.82 Å². The highest BCUT2D eigenvalue weighted by Crippen LogP contribution is 2.30. The minimum Gasteiger partial charge on any atom is -0.239 e. The van der Waals surface area contributed by atoms with Gasteiger partial charge in [-0.15, -0.1) is 11.3 Å². The predicted octanol–water partition coefficient (Wildman–Crippen LogP) is 3.58. The molecule has 0 N–H and O–H groups in total. The summed E-state index contributed by atoms with van der Waals surface area (Å²) in [5.74, 6) is 0.824. The molecule has 2 rings (SSSR count). The Morgan fingerprint density at radius 2 is 2.00 bits per heavy atom. The summed E-state index contributed by atoms with van der Waals surface area (Å²) in [5.41, 5.74) is 2.02. The number of aromatic nitrogens is 2. The van der Waals surface area contributed by atoms with E-state index in [2.05, 4.69) is 32.0 Å². The number of aryl methyl sites for hydroxylation is 2. The maximum Gasteiger partial charge on any atom is 0.126 e. The van der Waals surface area contributed by atoms with Gasteiger partial charge in [0.05, 0.1) is 14.4 Å². The molecule has 0 radical (unpaired) electrons. The van der Waals surface area contributed by atoms with Crippen molar-refractivity contribution in [3.63, 3.8) is 0 Å². The van der Waals surface area contributed by atoms with Gasteiger partial charge in [0.15, 0.2) is 0 Å². The Balaban J connectivity index is 2.51. The molecule has 14 heavy (non-hydrogen) atoms. The highest BCUT2D eigenvalue weighted by atomic mass is 79.9. The summed E-state index contributed by atoms with van der Waals surface area (Å²) in [5, 5.41) is 0. The lowest BCUT2D eigenvalue weighted by molar-refractivity contribution is 1.02. The van der Waals surface area contributed by atoms with Gasteiger partial charge in [-0.05, 0) is 48.0 Å². The first-order chi connectivity index (χ1) is 6.65. The molecule has 2 nitrogen and oxygen atoms in total. The molecule has 0 fully saturated rings. The summed E-state index contributed by atoms with van der Waals surface area (Å²) in [6.07, 6.45) is 0. The number of nitrogens with zero attached hydrogens (tertiary/aromatic N) is 2. The zero-order valence-electron chi connectivity index (χ0n) is 7.91. The first kappa shape index (κ1) is 9.80. The summed E-state index contributed by atoms with van der Waals surface area (Å²) in [7, 11) is 0. The smallest absolute Gasteiger partial charge is 0.126 e. The Labute approximate surface area is 95.2 Å². The standard InChI is InChI=1S/C10H9BrN2S/c1-6-5-8(13-7(2)12-6)9-3-4-10(11)14-9/h3-5H,1-2H3. The first-order valence-electron chi connectivity index (χ1n) is 4.23. The van der Waals surface area contributed by atoms with E-state index >= 15 is 0 Å². The summed E-state index contributed by atoms with van der Waals surface area (Å²) in [4.78, 5) is 9.82. The third-order valence-electron chi connectivity index (χ3n) is 1.79. The number of thiophene rings is 1. The van der Waals surface area contributed by atoms with Crippen molar-refractivity contribution in [3.8, 4) is 10.6 Å². The second-order valence-corrected chi connectivity index (χ2v) is 5.51. The van der Waals surface area contributed by atoms with Gasteiger partial charge in [0, 0.05) is 5.69 Å². The number of rotatable bonds is 1. The van der Waals surface area contributed by atoms with Crippen LogP contribution in [0.2, 0.25) is 0 Å². The molecule has 0 bridgehead atoms. The van der Waals surface area contributed by atoms with E-state index in [0.717, 1.165) is 21.0 Å². The molecule has 0 aliphatic heterocycles. The second kappa shape index (κ2) is 3.79. The minimum atomic E-state index is 0.824. The van der Waals surface area contributed by atoms with Crippen LogP contribution in [0.1, 0.15) is 11.5 Å². The average molecular weight is 269 g/mol. The maximum atomic E-state index is 4.40. The normalized spacial score (nSPS) is 10.5. The molecular formula is C10H9BrN2S. The maximum absolute atomic E-state index is 4.40. The van der Waals surface area contributed by atoms with E-state index in [9.17, 15) is 0 Å². The lowest BCUT2D eigenvalue weighted by Gasteiger charge is -1.99. The van der Waals surface area contributed by atoms with Crippen molar-refractivity contribution in [2.45, 2.75) is 13.8 Å². The lowest BCUT2D eigenvalue weighted by Crippen LogP contribution is -1.92. The van der Waals surface area contributed by atoms with Crippen molar-refractivity contribution in [3.05, 3.63) is 33.5 Å². The first-order valence-corrected chi connectivity index (χ1v) is 5.84. The van der Waals surface area contributed by atoms with E-state index in [0.29, 0.717) is 0 Å². The van der Waals surface area contributed by atoms with Crippen molar-refractivity contribution in [2.24, 2.45) is 0 Å². The van der Waals surface area contributed by atoms with Crippen LogP contribution in [0, 0.1) is 13.8 Å². The Morgan fingerprint density at radius 3 is 2.57 bits per heavy atom. The molecule has 2 aromatic rings.